The Labute approximate surface area is 222 Å². The van der Waals surface area contributed by atoms with Crippen molar-refractivity contribution in [2.24, 2.45) is 0 Å². The number of hydrogen-bond donors (Lipinski definition) is 1. The molecule has 1 aromatic carbocycles. The van der Waals surface area contributed by atoms with Crippen LogP contribution in [0.15, 0.2) is 30.9 Å². The van der Waals surface area contributed by atoms with E-state index in [1.165, 1.54) is 51.2 Å². The Morgan fingerprint density at radius 2 is 1.92 bits per heavy atom. The highest BCUT2D eigenvalue weighted by Gasteiger charge is 2.30. The Bertz CT molecular complexity index is 1120. The second-order valence-corrected chi connectivity index (χ2v) is 8.90. The zero-order valence-electron chi connectivity index (χ0n) is 22.0. The normalized spacial score (nSPS) is 16.4. The largest absolute Gasteiger partial charge is 0.508 e. The number of rotatable bonds is 5. The summed E-state index contributed by atoms with van der Waals surface area (Å²) >= 11 is 0. The predicted molar refractivity (Wildman–Crippen MR) is 140 cm³/mol. The van der Waals surface area contributed by atoms with E-state index < -0.39 is 5.82 Å². The number of amides is 1. The van der Waals surface area contributed by atoms with Gasteiger partial charge in [0, 0.05) is 77.1 Å². The van der Waals surface area contributed by atoms with Crippen molar-refractivity contribution in [2.45, 2.75) is 39.4 Å². The number of benzene rings is 1. The summed E-state index contributed by atoms with van der Waals surface area (Å²) in [6.07, 6.45) is 3.89. The molecular formula is C27H35FN6O4. The lowest BCUT2D eigenvalue weighted by molar-refractivity contribution is -0.126. The van der Waals surface area contributed by atoms with Crippen LogP contribution in [0.1, 0.15) is 36.6 Å². The lowest BCUT2D eigenvalue weighted by atomic mass is 10.1. The van der Waals surface area contributed by atoms with E-state index in [9.17, 15) is 14.3 Å². The number of aromatic hydroxyl groups is 1. The molecule has 1 N–H and O–H groups in total. The highest BCUT2D eigenvalue weighted by atomic mass is 19.1. The van der Waals surface area contributed by atoms with Gasteiger partial charge in [0.05, 0.1) is 18.9 Å². The molecule has 2 saturated heterocycles. The number of nitrogens with zero attached hydrogens (tertiary/aromatic N) is 6. The maximum atomic E-state index is 14.2. The molecule has 3 aliphatic rings. The van der Waals surface area contributed by atoms with Gasteiger partial charge in [0.2, 0.25) is 5.91 Å². The van der Waals surface area contributed by atoms with Gasteiger partial charge in [-0.05, 0) is 31.1 Å². The Balaban J connectivity index is 0.000000433. The lowest BCUT2D eigenvalue weighted by Gasteiger charge is -2.35. The first kappa shape index (κ1) is 28.8. The van der Waals surface area contributed by atoms with Crippen molar-refractivity contribution < 1.29 is 23.8 Å². The third-order valence-electron chi connectivity index (χ3n) is 6.36. The number of carbonyl (C=O) groups is 1. The summed E-state index contributed by atoms with van der Waals surface area (Å²) in [5, 5.41) is 17.4. The topological polar surface area (TPSA) is 115 Å². The van der Waals surface area contributed by atoms with Crippen LogP contribution in [0.25, 0.3) is 0 Å². The van der Waals surface area contributed by atoms with Crippen LogP contribution in [0, 0.1) is 17.1 Å². The van der Waals surface area contributed by atoms with Crippen molar-refractivity contribution >= 4 is 11.7 Å². The predicted octanol–water partition coefficient (Wildman–Crippen LogP) is 3.01. The number of nitriles is 1. The Hall–Kier alpha value is -3.75. The molecule has 0 aliphatic carbocycles. The van der Waals surface area contributed by atoms with Gasteiger partial charge < -0.3 is 24.4 Å². The molecule has 4 heterocycles. The summed E-state index contributed by atoms with van der Waals surface area (Å²) in [5.41, 5.74) is 2.07. The summed E-state index contributed by atoms with van der Waals surface area (Å²) in [6, 6.07) is 6.35. The van der Waals surface area contributed by atoms with E-state index in [-0.39, 0.29) is 29.8 Å². The van der Waals surface area contributed by atoms with Crippen molar-refractivity contribution in [3.05, 3.63) is 53.5 Å². The number of ether oxygens (including phenoxy) is 2. The Kier molecular flexibility index (Phi) is 10.8. The first-order chi connectivity index (χ1) is 18.4. The minimum Gasteiger partial charge on any atom is -0.508 e. The standard InChI is InChI=1S/C21H24FN5O3.C4H8O.C2H3N/c1-3-19(29)26-7-9-27(10-8-26)20-15-12-25(13-17(15)23-21(24-20)30-2)11-14-16(22)5-4-6-18(14)28;1-2-4-5-3-1;1-2-3/h3-6,28H,1,7-13H2,2H3;1-4H2;1H3. The van der Waals surface area contributed by atoms with Gasteiger partial charge in [0.15, 0.2) is 0 Å². The zero-order chi connectivity index (χ0) is 27.5. The van der Waals surface area contributed by atoms with Crippen LogP contribution in [0.4, 0.5) is 10.2 Å². The van der Waals surface area contributed by atoms with Gasteiger partial charge in [-0.1, -0.05) is 12.6 Å². The molecule has 11 heteroatoms. The molecule has 204 valence electrons. The van der Waals surface area contributed by atoms with Crippen molar-refractivity contribution in [3.8, 4) is 17.8 Å². The van der Waals surface area contributed by atoms with Crippen LogP contribution in [-0.2, 0) is 29.2 Å². The number of carbonyl (C=O) groups excluding carboxylic acids is 1. The third kappa shape index (κ3) is 7.40. The van der Waals surface area contributed by atoms with Crippen molar-refractivity contribution in [1.29, 1.82) is 5.26 Å². The average molecular weight is 527 g/mol. The van der Waals surface area contributed by atoms with Crippen LogP contribution in [0.3, 0.4) is 0 Å². The van der Waals surface area contributed by atoms with Gasteiger partial charge in [-0.15, -0.1) is 0 Å². The number of phenols is 1. The number of methoxy groups -OCH3 is 1. The second kappa shape index (κ2) is 14.3. The first-order valence-corrected chi connectivity index (χ1v) is 12.6. The van der Waals surface area contributed by atoms with E-state index in [1.54, 1.807) is 11.0 Å². The van der Waals surface area contributed by atoms with Gasteiger partial charge in [-0.3, -0.25) is 9.69 Å². The average Bonchev–Trinajstić information content (AvgIpc) is 3.64. The van der Waals surface area contributed by atoms with Gasteiger partial charge in [0.1, 0.15) is 17.4 Å². The minimum absolute atomic E-state index is 0.0575. The molecular weight excluding hydrogens is 491 g/mol. The van der Waals surface area contributed by atoms with E-state index in [1.807, 2.05) is 4.90 Å². The molecule has 0 spiro atoms. The zero-order valence-corrected chi connectivity index (χ0v) is 22.0. The third-order valence-corrected chi connectivity index (χ3v) is 6.36. The van der Waals surface area contributed by atoms with E-state index >= 15 is 0 Å². The molecule has 5 rings (SSSR count). The number of fused-ring (bicyclic) bond motifs is 1. The monoisotopic (exact) mass is 526 g/mol. The molecule has 10 nitrogen and oxygen atoms in total. The molecule has 0 atom stereocenters. The molecule has 2 aromatic rings. The van der Waals surface area contributed by atoms with Crippen molar-refractivity contribution in [2.75, 3.05) is 51.4 Å². The van der Waals surface area contributed by atoms with Crippen LogP contribution in [0.5, 0.6) is 11.8 Å². The molecule has 0 saturated carbocycles. The molecule has 1 aromatic heterocycles. The van der Waals surface area contributed by atoms with Crippen LogP contribution in [-0.4, -0.2) is 77.3 Å². The Morgan fingerprint density at radius 3 is 2.47 bits per heavy atom. The molecule has 0 bridgehead atoms. The fourth-order valence-electron chi connectivity index (χ4n) is 4.45. The number of anilines is 1. The fourth-order valence-corrected chi connectivity index (χ4v) is 4.45. The van der Waals surface area contributed by atoms with Gasteiger partial charge in [-0.2, -0.15) is 15.2 Å². The van der Waals surface area contributed by atoms with E-state index in [2.05, 4.69) is 21.4 Å². The summed E-state index contributed by atoms with van der Waals surface area (Å²) in [4.78, 5) is 26.8. The molecule has 3 aliphatic heterocycles. The van der Waals surface area contributed by atoms with Gasteiger partial charge in [-0.25, -0.2) is 4.39 Å². The quantitative estimate of drug-likeness (QED) is 0.587. The number of aromatic nitrogens is 2. The second-order valence-electron chi connectivity index (χ2n) is 8.90. The minimum atomic E-state index is -0.433. The van der Waals surface area contributed by atoms with Gasteiger partial charge in [0.25, 0.3) is 0 Å². The SMILES string of the molecule is C1CCOC1.C=CC(=O)N1CCN(c2nc(OC)nc3c2CN(Cc2c(O)cccc2F)C3)CC1.CC#N. The summed E-state index contributed by atoms with van der Waals surface area (Å²) in [6.45, 7) is 10.7. The van der Waals surface area contributed by atoms with Crippen LogP contribution >= 0.6 is 0 Å². The smallest absolute Gasteiger partial charge is 0.318 e. The molecule has 38 heavy (non-hydrogen) atoms. The maximum absolute atomic E-state index is 14.2. The molecule has 0 radical (unpaired) electrons. The lowest BCUT2D eigenvalue weighted by Crippen LogP contribution is -2.48. The van der Waals surface area contributed by atoms with Crippen LogP contribution < -0.4 is 9.64 Å². The molecule has 1 amide bonds. The number of piperazine rings is 1. The number of hydrogen-bond acceptors (Lipinski definition) is 9. The summed E-state index contributed by atoms with van der Waals surface area (Å²) in [5.74, 6) is 0.217. The van der Waals surface area contributed by atoms with Crippen molar-refractivity contribution in [1.82, 2.24) is 19.8 Å². The van der Waals surface area contributed by atoms with Crippen LogP contribution in [0.2, 0.25) is 0 Å². The fraction of sp³-hybridized carbons (Fsp3) is 0.481. The highest BCUT2D eigenvalue weighted by Crippen LogP contribution is 2.33. The van der Waals surface area contributed by atoms with Gasteiger partial charge >= 0.3 is 6.01 Å². The molecule has 0 unspecified atom stereocenters. The van der Waals surface area contributed by atoms with Crippen molar-refractivity contribution in [3.63, 3.8) is 0 Å². The summed E-state index contributed by atoms with van der Waals surface area (Å²) in [7, 11) is 1.52. The maximum Gasteiger partial charge on any atom is 0.318 e. The number of phenolic OH excluding ortho intramolecular Hbond substituents is 1. The van der Waals surface area contributed by atoms with E-state index in [4.69, 9.17) is 14.7 Å². The van der Waals surface area contributed by atoms with E-state index in [0.29, 0.717) is 39.3 Å². The Morgan fingerprint density at radius 1 is 1.24 bits per heavy atom. The molecule has 2 fully saturated rings. The summed E-state index contributed by atoms with van der Waals surface area (Å²) < 4.78 is 24.4. The van der Waals surface area contributed by atoms with E-state index in [0.717, 1.165) is 30.3 Å². The number of halogens is 1. The first-order valence-electron chi connectivity index (χ1n) is 12.6. The highest BCUT2D eigenvalue weighted by molar-refractivity contribution is 5.87.